The van der Waals surface area contributed by atoms with E-state index in [0.29, 0.717) is 42.2 Å². The Morgan fingerprint density at radius 1 is 1.29 bits per heavy atom. The van der Waals surface area contributed by atoms with Crippen LogP contribution in [-0.2, 0) is 17.6 Å². The number of aryl methyl sites for hydroxylation is 1. The third-order valence-corrected chi connectivity index (χ3v) is 6.27. The number of hydrogen-bond acceptors (Lipinski definition) is 8. The van der Waals surface area contributed by atoms with Gasteiger partial charge < -0.3 is 20.6 Å². The SMILES string of the molecule is CC(C)c1cc(Nc2nc(N3CC[C@H](O)[C@H]3C(=O)Nc3ccc(F)nc3)nc3c2CCC3)n[nH]1. The Kier molecular flexibility index (Phi) is 5.86. The van der Waals surface area contributed by atoms with Crippen LogP contribution in [0.5, 0.6) is 0 Å². The molecule has 1 aliphatic carbocycles. The minimum atomic E-state index is -0.887. The number of aromatic nitrogens is 5. The van der Waals surface area contributed by atoms with Crippen molar-refractivity contribution in [3.05, 3.63) is 47.3 Å². The van der Waals surface area contributed by atoms with Gasteiger partial charge in [0.2, 0.25) is 17.8 Å². The average Bonchev–Trinajstić information content (AvgIpc) is 3.54. The first-order valence-electron chi connectivity index (χ1n) is 11.5. The maximum atomic E-state index is 13.1. The smallest absolute Gasteiger partial charge is 0.249 e. The number of aliphatic hydroxyl groups is 1. The fourth-order valence-electron chi connectivity index (χ4n) is 4.45. The molecule has 0 radical (unpaired) electrons. The van der Waals surface area contributed by atoms with Crippen LogP contribution < -0.4 is 15.5 Å². The van der Waals surface area contributed by atoms with Gasteiger partial charge >= 0.3 is 0 Å². The van der Waals surface area contributed by atoms with Gasteiger partial charge in [-0.1, -0.05) is 13.8 Å². The predicted octanol–water partition coefficient (Wildman–Crippen LogP) is 2.67. The third kappa shape index (κ3) is 4.30. The summed E-state index contributed by atoms with van der Waals surface area (Å²) in [6.45, 7) is 4.60. The maximum absolute atomic E-state index is 13.1. The van der Waals surface area contributed by atoms with E-state index in [1.54, 1.807) is 4.90 Å². The standard InChI is InChI=1S/C23H27FN8O2/c1-12(2)16-10-19(31-30-16)28-21-14-4-3-5-15(14)27-23(29-21)32-9-8-17(33)20(32)22(34)26-13-6-7-18(24)25-11-13/h6-7,10-12,17,20,33H,3-5,8-9H2,1-2H3,(H,26,34)(H2,27,28,29,30,31)/t17-,20-/m0/s1. The molecule has 2 aliphatic rings. The number of amides is 1. The number of anilines is 4. The normalized spacial score (nSPS) is 19.5. The van der Waals surface area contributed by atoms with Gasteiger partial charge in [-0.2, -0.15) is 14.5 Å². The first-order valence-corrected chi connectivity index (χ1v) is 11.5. The van der Waals surface area contributed by atoms with Crippen molar-refractivity contribution in [2.75, 3.05) is 22.1 Å². The van der Waals surface area contributed by atoms with Gasteiger partial charge in [0, 0.05) is 23.9 Å². The van der Waals surface area contributed by atoms with Crippen LogP contribution in [-0.4, -0.2) is 54.9 Å². The van der Waals surface area contributed by atoms with Crippen LogP contribution >= 0.6 is 0 Å². The number of halogens is 1. The zero-order valence-corrected chi connectivity index (χ0v) is 19.0. The lowest BCUT2D eigenvalue weighted by atomic mass is 10.1. The number of carbonyl (C=O) groups is 1. The highest BCUT2D eigenvalue weighted by atomic mass is 19.1. The molecule has 3 aromatic heterocycles. The second kappa shape index (κ2) is 8.98. The lowest BCUT2D eigenvalue weighted by Crippen LogP contribution is -2.46. The van der Waals surface area contributed by atoms with E-state index in [1.807, 2.05) is 6.07 Å². The fourth-order valence-corrected chi connectivity index (χ4v) is 4.45. The second-order valence-corrected chi connectivity index (χ2v) is 8.99. The molecule has 10 nitrogen and oxygen atoms in total. The zero-order chi connectivity index (χ0) is 23.8. The van der Waals surface area contributed by atoms with Crippen molar-refractivity contribution in [3.63, 3.8) is 0 Å². The number of nitrogens with zero attached hydrogens (tertiary/aromatic N) is 5. The number of pyridine rings is 1. The molecule has 0 saturated carbocycles. The number of aromatic amines is 1. The van der Waals surface area contributed by atoms with Gasteiger partial charge in [0.15, 0.2) is 5.82 Å². The average molecular weight is 467 g/mol. The number of H-pyrrole nitrogens is 1. The van der Waals surface area contributed by atoms with Crippen molar-refractivity contribution in [2.45, 2.75) is 57.6 Å². The molecule has 4 N–H and O–H groups in total. The summed E-state index contributed by atoms with van der Waals surface area (Å²) in [6, 6.07) is 3.67. The Balaban J connectivity index is 1.43. The van der Waals surface area contributed by atoms with Gasteiger partial charge in [-0.05, 0) is 43.7 Å². The van der Waals surface area contributed by atoms with Gasteiger partial charge in [0.1, 0.15) is 11.9 Å². The summed E-state index contributed by atoms with van der Waals surface area (Å²) in [4.78, 5) is 27.8. The number of nitrogens with one attached hydrogen (secondary N) is 3. The van der Waals surface area contributed by atoms with Crippen molar-refractivity contribution in [1.82, 2.24) is 25.1 Å². The van der Waals surface area contributed by atoms with Crippen LogP contribution in [0, 0.1) is 5.95 Å². The van der Waals surface area contributed by atoms with E-state index in [4.69, 9.17) is 9.97 Å². The molecule has 2 atom stereocenters. The Morgan fingerprint density at radius 3 is 2.88 bits per heavy atom. The van der Waals surface area contributed by atoms with E-state index < -0.39 is 24.0 Å². The van der Waals surface area contributed by atoms with Crippen molar-refractivity contribution < 1.29 is 14.3 Å². The highest BCUT2D eigenvalue weighted by Crippen LogP contribution is 2.33. The molecule has 5 rings (SSSR count). The molecular formula is C23H27FN8O2. The Labute approximate surface area is 196 Å². The summed E-state index contributed by atoms with van der Waals surface area (Å²) in [5, 5.41) is 24.0. The van der Waals surface area contributed by atoms with E-state index in [9.17, 15) is 14.3 Å². The van der Waals surface area contributed by atoms with Crippen molar-refractivity contribution in [2.24, 2.45) is 0 Å². The lowest BCUT2D eigenvalue weighted by molar-refractivity contribution is -0.119. The van der Waals surface area contributed by atoms with Crippen LogP contribution in [0.1, 0.15) is 49.6 Å². The molecule has 4 heterocycles. The van der Waals surface area contributed by atoms with Crippen molar-refractivity contribution >= 4 is 29.2 Å². The summed E-state index contributed by atoms with van der Waals surface area (Å²) in [6.07, 6.45) is 3.42. The van der Waals surface area contributed by atoms with Gasteiger partial charge in [0.25, 0.3) is 0 Å². The van der Waals surface area contributed by atoms with Gasteiger partial charge in [-0.3, -0.25) is 9.89 Å². The quantitative estimate of drug-likeness (QED) is 0.408. The molecule has 34 heavy (non-hydrogen) atoms. The van der Waals surface area contributed by atoms with E-state index in [2.05, 4.69) is 39.7 Å². The summed E-state index contributed by atoms with van der Waals surface area (Å²) < 4.78 is 13.1. The Bertz CT molecular complexity index is 1200. The molecule has 1 amide bonds. The molecule has 0 bridgehead atoms. The van der Waals surface area contributed by atoms with Crippen molar-refractivity contribution in [1.29, 1.82) is 0 Å². The molecule has 1 fully saturated rings. The predicted molar refractivity (Wildman–Crippen MR) is 125 cm³/mol. The molecule has 178 valence electrons. The van der Waals surface area contributed by atoms with Crippen LogP contribution in [0.4, 0.5) is 27.7 Å². The van der Waals surface area contributed by atoms with Crippen LogP contribution in [0.3, 0.4) is 0 Å². The van der Waals surface area contributed by atoms with Crippen LogP contribution in [0.25, 0.3) is 0 Å². The first kappa shape index (κ1) is 22.2. The molecule has 1 aliphatic heterocycles. The van der Waals surface area contributed by atoms with Gasteiger partial charge in [-0.25, -0.2) is 9.97 Å². The molecular weight excluding hydrogens is 439 g/mol. The van der Waals surface area contributed by atoms with Crippen molar-refractivity contribution in [3.8, 4) is 0 Å². The Morgan fingerprint density at radius 2 is 2.15 bits per heavy atom. The summed E-state index contributed by atoms with van der Waals surface area (Å²) >= 11 is 0. The fraction of sp³-hybridized carbons (Fsp3) is 0.435. The number of carbonyl (C=O) groups excluding carboxylic acids is 1. The van der Waals surface area contributed by atoms with Gasteiger partial charge in [0.05, 0.1) is 23.7 Å². The zero-order valence-electron chi connectivity index (χ0n) is 19.0. The summed E-state index contributed by atoms with van der Waals surface area (Å²) in [7, 11) is 0. The second-order valence-electron chi connectivity index (χ2n) is 8.99. The highest BCUT2D eigenvalue weighted by Gasteiger charge is 2.40. The molecule has 0 unspecified atom stereocenters. The molecule has 0 aromatic carbocycles. The topological polar surface area (TPSA) is 132 Å². The Hall–Kier alpha value is -3.60. The molecule has 1 saturated heterocycles. The van der Waals surface area contributed by atoms with E-state index >= 15 is 0 Å². The largest absolute Gasteiger partial charge is 0.390 e. The number of rotatable bonds is 6. The minimum Gasteiger partial charge on any atom is -0.390 e. The first-order chi connectivity index (χ1) is 16.4. The van der Waals surface area contributed by atoms with E-state index in [0.717, 1.165) is 36.2 Å². The number of aliphatic hydroxyl groups excluding tert-OH is 1. The van der Waals surface area contributed by atoms with E-state index in [-0.39, 0.29) is 0 Å². The molecule has 0 spiro atoms. The van der Waals surface area contributed by atoms with Crippen LogP contribution in [0.15, 0.2) is 24.4 Å². The minimum absolute atomic E-state index is 0.316. The highest BCUT2D eigenvalue weighted by molar-refractivity contribution is 5.97. The van der Waals surface area contributed by atoms with Crippen LogP contribution in [0.2, 0.25) is 0 Å². The van der Waals surface area contributed by atoms with E-state index in [1.165, 1.54) is 18.3 Å². The monoisotopic (exact) mass is 466 g/mol. The molecule has 3 aromatic rings. The maximum Gasteiger partial charge on any atom is 0.249 e. The number of fused-ring (bicyclic) bond motifs is 1. The summed E-state index contributed by atoms with van der Waals surface area (Å²) in [5.74, 6) is 0.980. The van der Waals surface area contributed by atoms with Gasteiger partial charge in [-0.15, -0.1) is 0 Å². The number of hydrogen-bond donors (Lipinski definition) is 4. The summed E-state index contributed by atoms with van der Waals surface area (Å²) in [5.41, 5.74) is 3.36. The lowest BCUT2D eigenvalue weighted by Gasteiger charge is -2.26. The third-order valence-electron chi connectivity index (χ3n) is 6.27. The molecule has 11 heteroatoms.